The molecule has 9 heteroatoms. The molecule has 0 bridgehead atoms. The Morgan fingerprint density at radius 1 is 1.08 bits per heavy atom. The molecular weight excluding hydrogens is 479 g/mol. The smallest absolute Gasteiger partial charge is 0.262 e. The molecular formula is C27H23FN4O3S. The number of hydrazone groups is 1. The highest BCUT2D eigenvalue weighted by molar-refractivity contribution is 8.15. The lowest BCUT2D eigenvalue weighted by molar-refractivity contribution is -0.121. The molecule has 0 saturated carbocycles. The maximum absolute atomic E-state index is 13.5. The van der Waals surface area contributed by atoms with Crippen LogP contribution < -0.4 is 10.1 Å². The Hall–Kier alpha value is -3.98. The fourth-order valence-electron chi connectivity index (χ4n) is 4.10. The van der Waals surface area contributed by atoms with E-state index in [2.05, 4.69) is 10.3 Å². The molecule has 2 amide bonds. The van der Waals surface area contributed by atoms with Gasteiger partial charge in [0.15, 0.2) is 5.17 Å². The van der Waals surface area contributed by atoms with Gasteiger partial charge in [-0.2, -0.15) is 10.1 Å². The van der Waals surface area contributed by atoms with Crippen molar-refractivity contribution < 1.29 is 18.7 Å². The Morgan fingerprint density at radius 3 is 2.50 bits per heavy atom. The van der Waals surface area contributed by atoms with E-state index in [1.165, 1.54) is 23.9 Å². The highest BCUT2D eigenvalue weighted by Gasteiger charge is 2.39. The molecule has 0 fully saturated rings. The third-order valence-electron chi connectivity index (χ3n) is 5.94. The Morgan fingerprint density at radius 2 is 1.81 bits per heavy atom. The number of nitrogens with one attached hydrogen (secondary N) is 1. The number of carbonyl (C=O) groups excluding carboxylic acids is 2. The van der Waals surface area contributed by atoms with Crippen LogP contribution in [-0.4, -0.2) is 40.1 Å². The molecule has 3 aromatic rings. The zero-order valence-corrected chi connectivity index (χ0v) is 20.2. The highest BCUT2D eigenvalue weighted by Crippen LogP contribution is 2.39. The number of anilines is 1. The van der Waals surface area contributed by atoms with E-state index in [0.717, 1.165) is 22.6 Å². The number of thioether (sulfide) groups is 1. The van der Waals surface area contributed by atoms with E-state index in [4.69, 9.17) is 9.84 Å². The van der Waals surface area contributed by atoms with Gasteiger partial charge in [0.05, 0.1) is 18.9 Å². The minimum Gasteiger partial charge on any atom is -0.497 e. The van der Waals surface area contributed by atoms with Crippen LogP contribution in [0.4, 0.5) is 10.1 Å². The number of hydrogen-bond donors (Lipinski definition) is 1. The van der Waals surface area contributed by atoms with Crippen LogP contribution in [0.15, 0.2) is 89.0 Å². The summed E-state index contributed by atoms with van der Waals surface area (Å²) in [5.74, 6) is -0.210. The average molecular weight is 503 g/mol. The summed E-state index contributed by atoms with van der Waals surface area (Å²) in [4.78, 5) is 29.5. The Labute approximate surface area is 212 Å². The predicted molar refractivity (Wildman–Crippen MR) is 139 cm³/mol. The lowest BCUT2D eigenvalue weighted by Crippen LogP contribution is -2.25. The Kier molecular flexibility index (Phi) is 6.81. The number of ether oxygens (including phenoxy) is 1. The predicted octanol–water partition coefficient (Wildman–Crippen LogP) is 5.01. The van der Waals surface area contributed by atoms with Crippen molar-refractivity contribution in [3.8, 4) is 5.75 Å². The third kappa shape index (κ3) is 5.16. The summed E-state index contributed by atoms with van der Waals surface area (Å²) >= 11 is 1.23. The fraction of sp³-hybridized carbons (Fsp3) is 0.185. The molecule has 0 radical (unpaired) electrons. The van der Waals surface area contributed by atoms with Gasteiger partial charge in [0.25, 0.3) is 5.91 Å². The fourth-order valence-corrected chi connectivity index (χ4v) is 5.16. The minimum atomic E-state index is -0.634. The molecule has 2 aliphatic rings. The molecule has 0 spiro atoms. The van der Waals surface area contributed by atoms with Crippen molar-refractivity contribution >= 4 is 40.1 Å². The van der Waals surface area contributed by atoms with Crippen LogP contribution >= 0.6 is 11.8 Å². The van der Waals surface area contributed by atoms with E-state index in [1.54, 1.807) is 36.4 Å². The van der Waals surface area contributed by atoms with Gasteiger partial charge in [0.2, 0.25) is 5.91 Å². The molecule has 0 unspecified atom stereocenters. The number of hydrogen-bond acceptors (Lipinski definition) is 6. The van der Waals surface area contributed by atoms with Gasteiger partial charge in [-0.25, -0.2) is 9.40 Å². The van der Waals surface area contributed by atoms with Gasteiger partial charge in [-0.1, -0.05) is 54.2 Å². The second-order valence-electron chi connectivity index (χ2n) is 8.35. The molecule has 0 aliphatic carbocycles. The first-order chi connectivity index (χ1) is 17.5. The lowest BCUT2D eigenvalue weighted by atomic mass is 9.98. The quantitative estimate of drug-likeness (QED) is 0.512. The van der Waals surface area contributed by atoms with Crippen LogP contribution in [0, 0.1) is 5.82 Å². The summed E-state index contributed by atoms with van der Waals surface area (Å²) in [6.07, 6.45) is 0.547. The number of nitrogens with zero attached hydrogens (tertiary/aromatic N) is 3. The number of methoxy groups -OCH3 is 1. The van der Waals surface area contributed by atoms with E-state index in [-0.39, 0.29) is 30.1 Å². The second-order valence-corrected chi connectivity index (χ2v) is 9.52. The zero-order valence-electron chi connectivity index (χ0n) is 19.4. The van der Waals surface area contributed by atoms with Gasteiger partial charge in [0, 0.05) is 18.5 Å². The monoisotopic (exact) mass is 502 g/mol. The molecule has 0 saturated heterocycles. The van der Waals surface area contributed by atoms with Crippen molar-refractivity contribution in [1.29, 1.82) is 0 Å². The summed E-state index contributed by atoms with van der Waals surface area (Å²) in [6.45, 7) is 0. The standard InChI is InChI=1S/C27H23FN4O3S/c1-35-21-13-9-18(10-14-21)23-15-22(17-7-11-19(28)12-8-17)31-32(23)27-30-26(34)24(36-27)16-25(33)29-20-5-3-2-4-6-20/h2-14,23-24H,15-16H2,1H3,(H,29,33)/t23-,24+/m0/s1. The van der Waals surface area contributed by atoms with Gasteiger partial charge >= 0.3 is 0 Å². The van der Waals surface area contributed by atoms with Crippen molar-refractivity contribution in [2.45, 2.75) is 24.1 Å². The number of amidine groups is 1. The van der Waals surface area contributed by atoms with Crippen LogP contribution in [0.1, 0.15) is 30.0 Å². The van der Waals surface area contributed by atoms with Gasteiger partial charge in [-0.05, 0) is 47.5 Å². The van der Waals surface area contributed by atoms with Crippen molar-refractivity contribution in [2.75, 3.05) is 12.4 Å². The summed E-state index contributed by atoms with van der Waals surface area (Å²) in [5.41, 5.74) is 3.20. The lowest BCUT2D eigenvalue weighted by Gasteiger charge is -2.23. The van der Waals surface area contributed by atoms with Crippen molar-refractivity contribution in [1.82, 2.24) is 5.01 Å². The Bertz CT molecular complexity index is 1330. The second kappa shape index (κ2) is 10.3. The number of carbonyl (C=O) groups is 2. The zero-order chi connectivity index (χ0) is 25.1. The van der Waals surface area contributed by atoms with Gasteiger partial charge in [-0.3, -0.25) is 9.59 Å². The Balaban J connectivity index is 1.36. The molecule has 2 aliphatic heterocycles. The number of para-hydroxylation sites is 1. The van der Waals surface area contributed by atoms with Crippen molar-refractivity contribution in [2.24, 2.45) is 10.1 Å². The number of rotatable bonds is 6. The molecule has 7 nitrogen and oxygen atoms in total. The molecule has 2 heterocycles. The summed E-state index contributed by atoms with van der Waals surface area (Å²) < 4.78 is 18.8. The minimum absolute atomic E-state index is 0.000963. The highest BCUT2D eigenvalue weighted by atomic mass is 32.2. The molecule has 2 atom stereocenters. The molecule has 5 rings (SSSR count). The molecule has 1 N–H and O–H groups in total. The van der Waals surface area contributed by atoms with E-state index in [1.807, 2.05) is 42.5 Å². The van der Waals surface area contributed by atoms with Crippen molar-refractivity contribution in [3.05, 3.63) is 95.8 Å². The van der Waals surface area contributed by atoms with Gasteiger partial charge < -0.3 is 10.1 Å². The molecule has 3 aromatic carbocycles. The van der Waals surface area contributed by atoms with Crippen LogP contribution in [0.2, 0.25) is 0 Å². The summed E-state index contributed by atoms with van der Waals surface area (Å²) in [7, 11) is 1.61. The molecule has 0 aromatic heterocycles. The maximum Gasteiger partial charge on any atom is 0.262 e. The van der Waals surface area contributed by atoms with Gasteiger partial charge in [0.1, 0.15) is 16.8 Å². The average Bonchev–Trinajstić information content (AvgIpc) is 3.49. The first-order valence-electron chi connectivity index (χ1n) is 11.4. The first-order valence-corrected chi connectivity index (χ1v) is 12.3. The largest absolute Gasteiger partial charge is 0.497 e. The van der Waals surface area contributed by atoms with Crippen LogP contribution in [-0.2, 0) is 9.59 Å². The van der Waals surface area contributed by atoms with E-state index in [9.17, 15) is 14.0 Å². The third-order valence-corrected chi connectivity index (χ3v) is 7.08. The summed E-state index contributed by atoms with van der Waals surface area (Å²) in [5, 5.41) is 9.13. The summed E-state index contributed by atoms with van der Waals surface area (Å²) in [6, 6.07) is 22.7. The van der Waals surface area contributed by atoms with Crippen LogP contribution in [0.25, 0.3) is 0 Å². The number of benzene rings is 3. The topological polar surface area (TPSA) is 83.4 Å². The molecule has 36 heavy (non-hydrogen) atoms. The molecule has 182 valence electrons. The number of aliphatic imine (C=N–C) groups is 1. The maximum atomic E-state index is 13.5. The van der Waals surface area contributed by atoms with E-state index < -0.39 is 5.25 Å². The first kappa shape index (κ1) is 23.7. The van der Waals surface area contributed by atoms with Crippen LogP contribution in [0.5, 0.6) is 5.75 Å². The van der Waals surface area contributed by atoms with Crippen LogP contribution in [0.3, 0.4) is 0 Å². The van der Waals surface area contributed by atoms with Crippen molar-refractivity contribution in [3.63, 3.8) is 0 Å². The SMILES string of the molecule is COc1ccc([C@@H]2CC(c3ccc(F)cc3)=NN2C2=NC(=O)[C@@H](CC(=O)Nc3ccccc3)S2)cc1. The van der Waals surface area contributed by atoms with E-state index >= 15 is 0 Å². The van der Waals surface area contributed by atoms with Gasteiger partial charge in [-0.15, -0.1) is 0 Å². The normalized spacial score (nSPS) is 19.2. The number of amides is 2. The van der Waals surface area contributed by atoms with E-state index in [0.29, 0.717) is 17.3 Å². The number of halogens is 1.